The Hall–Kier alpha value is -2.84. The molecule has 180 valence electrons. The molecule has 6 N–H and O–H groups in total. The maximum Gasteiger partial charge on any atom is 0.334 e. The lowest BCUT2D eigenvalue weighted by atomic mass is 10.2. The molecule has 0 fully saturated rings. The third kappa shape index (κ3) is 20.2. The van der Waals surface area contributed by atoms with Gasteiger partial charge in [-0.3, -0.25) is 9.59 Å². The second-order valence-electron chi connectivity index (χ2n) is 5.17. The molecular formula is C18H30O13. The summed E-state index contributed by atoms with van der Waals surface area (Å²) >= 11 is 0. The molecule has 0 atom stereocenters. The lowest BCUT2D eigenvalue weighted by Crippen LogP contribution is -2.15. The van der Waals surface area contributed by atoms with Crippen LogP contribution in [0.1, 0.15) is 12.8 Å². The summed E-state index contributed by atoms with van der Waals surface area (Å²) in [5.41, 5.74) is -0.0993. The van der Waals surface area contributed by atoms with E-state index in [1.54, 1.807) is 0 Å². The highest BCUT2D eigenvalue weighted by Gasteiger charge is 2.14. The minimum Gasteiger partial charge on any atom is -0.463 e. The van der Waals surface area contributed by atoms with E-state index in [9.17, 15) is 19.2 Å². The quantitative estimate of drug-likeness (QED) is 0.119. The fourth-order valence-electron chi connectivity index (χ4n) is 1.39. The standard InChI is InChI=1S/2C9H14O6.H2O/c2*1-7(9(13)15-5-3-11)6-8(12)14-4-2-10;/h2*10-11H,1-6H2;1H2. The number of carbonyl (C=O) groups excluding carboxylic acids is 4. The molecule has 31 heavy (non-hydrogen) atoms. The number of aliphatic hydroxyl groups is 4. The van der Waals surface area contributed by atoms with Gasteiger partial charge in [-0.25, -0.2) is 9.59 Å². The molecule has 0 saturated carbocycles. The number of aliphatic hydroxyl groups excluding tert-OH is 4. The van der Waals surface area contributed by atoms with E-state index in [-0.39, 0.29) is 82.3 Å². The first-order chi connectivity index (χ1) is 14.2. The fourth-order valence-corrected chi connectivity index (χ4v) is 1.39. The van der Waals surface area contributed by atoms with Crippen molar-refractivity contribution in [2.75, 3.05) is 52.9 Å². The lowest BCUT2D eigenvalue weighted by Gasteiger charge is -2.05. The molecule has 13 heteroatoms. The van der Waals surface area contributed by atoms with E-state index in [1.165, 1.54) is 0 Å². The Morgan fingerprint density at radius 3 is 1.06 bits per heavy atom. The van der Waals surface area contributed by atoms with Crippen LogP contribution in [0.25, 0.3) is 0 Å². The van der Waals surface area contributed by atoms with Gasteiger partial charge < -0.3 is 44.8 Å². The summed E-state index contributed by atoms with van der Waals surface area (Å²) in [6.07, 6.45) is -0.575. The normalized spacial score (nSPS) is 9.16. The molecule has 0 amide bonds. The van der Waals surface area contributed by atoms with Crippen molar-refractivity contribution in [2.45, 2.75) is 12.8 Å². The molecule has 0 aromatic heterocycles. The number of carbonyl (C=O) groups is 4. The van der Waals surface area contributed by atoms with Gasteiger partial charge in [0.05, 0.1) is 39.3 Å². The number of ether oxygens (including phenoxy) is 4. The molecule has 0 bridgehead atoms. The smallest absolute Gasteiger partial charge is 0.334 e. The van der Waals surface area contributed by atoms with Crippen LogP contribution in [0, 0.1) is 0 Å². The summed E-state index contributed by atoms with van der Waals surface area (Å²) < 4.78 is 18.0. The van der Waals surface area contributed by atoms with E-state index in [2.05, 4.69) is 32.1 Å². The predicted molar refractivity (Wildman–Crippen MR) is 103 cm³/mol. The SMILES string of the molecule is C=C(CC(=O)OCCO)C(=O)OCCO.C=C(CC(=O)OCCO)C(=O)OCCO.O. The largest absolute Gasteiger partial charge is 0.463 e. The zero-order valence-electron chi connectivity index (χ0n) is 17.0. The molecule has 0 aliphatic rings. The van der Waals surface area contributed by atoms with E-state index in [4.69, 9.17) is 20.4 Å². The van der Waals surface area contributed by atoms with Gasteiger partial charge in [0.2, 0.25) is 0 Å². The van der Waals surface area contributed by atoms with Crippen molar-refractivity contribution in [3.63, 3.8) is 0 Å². The molecule has 0 heterocycles. The molecule has 0 spiro atoms. The van der Waals surface area contributed by atoms with Crippen LogP contribution in [0.2, 0.25) is 0 Å². The Morgan fingerprint density at radius 1 is 0.548 bits per heavy atom. The number of esters is 4. The summed E-state index contributed by atoms with van der Waals surface area (Å²) in [5.74, 6) is -2.81. The Balaban J connectivity index is -0.000000490. The van der Waals surface area contributed by atoms with E-state index in [1.807, 2.05) is 0 Å². The minimum absolute atomic E-state index is 0. The van der Waals surface area contributed by atoms with Crippen molar-refractivity contribution < 1.29 is 64.0 Å². The third-order valence-corrected chi connectivity index (χ3v) is 2.65. The highest BCUT2D eigenvalue weighted by Crippen LogP contribution is 2.03. The number of hydrogen-bond donors (Lipinski definition) is 4. The van der Waals surface area contributed by atoms with Gasteiger partial charge in [-0.05, 0) is 0 Å². The zero-order valence-corrected chi connectivity index (χ0v) is 17.0. The molecule has 0 saturated heterocycles. The predicted octanol–water partition coefficient (Wildman–Crippen LogP) is -2.82. The average Bonchev–Trinajstić information content (AvgIpc) is 2.72. The minimum atomic E-state index is -0.745. The van der Waals surface area contributed by atoms with Crippen molar-refractivity contribution >= 4 is 23.9 Å². The van der Waals surface area contributed by atoms with Crippen LogP contribution in [0.15, 0.2) is 24.3 Å². The summed E-state index contributed by atoms with van der Waals surface area (Å²) in [6, 6.07) is 0. The molecular weight excluding hydrogens is 424 g/mol. The average molecular weight is 454 g/mol. The summed E-state index contributed by atoms with van der Waals surface area (Å²) in [6.45, 7) is 5.07. The third-order valence-electron chi connectivity index (χ3n) is 2.65. The Kier molecular flexibility index (Phi) is 23.1. The molecule has 0 aromatic carbocycles. The van der Waals surface area contributed by atoms with Crippen molar-refractivity contribution in [1.82, 2.24) is 0 Å². The van der Waals surface area contributed by atoms with Crippen LogP contribution in [-0.4, -0.2) is 103 Å². The fraction of sp³-hybridized carbons (Fsp3) is 0.556. The van der Waals surface area contributed by atoms with E-state index in [0.29, 0.717) is 0 Å². The van der Waals surface area contributed by atoms with Crippen LogP contribution in [0.5, 0.6) is 0 Å². The lowest BCUT2D eigenvalue weighted by molar-refractivity contribution is -0.147. The topological polar surface area (TPSA) is 218 Å². The monoisotopic (exact) mass is 454 g/mol. The van der Waals surface area contributed by atoms with Gasteiger partial charge in [0.1, 0.15) is 26.4 Å². The summed E-state index contributed by atoms with van der Waals surface area (Å²) in [7, 11) is 0. The van der Waals surface area contributed by atoms with Gasteiger partial charge in [0.15, 0.2) is 0 Å². The van der Waals surface area contributed by atoms with Crippen LogP contribution in [0.3, 0.4) is 0 Å². The summed E-state index contributed by atoms with van der Waals surface area (Å²) in [4.78, 5) is 43.9. The zero-order chi connectivity index (χ0) is 23.4. The van der Waals surface area contributed by atoms with Crippen LogP contribution in [-0.2, 0) is 38.1 Å². The second-order valence-corrected chi connectivity index (χ2v) is 5.17. The molecule has 0 rings (SSSR count). The van der Waals surface area contributed by atoms with Gasteiger partial charge >= 0.3 is 23.9 Å². The number of hydrogen-bond acceptors (Lipinski definition) is 12. The van der Waals surface area contributed by atoms with E-state index in [0.717, 1.165) is 0 Å². The Bertz CT molecular complexity index is 521. The molecule has 0 unspecified atom stereocenters. The maximum absolute atomic E-state index is 11.0. The van der Waals surface area contributed by atoms with Crippen molar-refractivity contribution in [2.24, 2.45) is 0 Å². The molecule has 0 radical (unpaired) electrons. The molecule has 13 nitrogen and oxygen atoms in total. The molecule has 0 aliphatic heterocycles. The Labute approximate surface area is 178 Å². The van der Waals surface area contributed by atoms with Gasteiger partial charge in [-0.2, -0.15) is 0 Å². The highest BCUT2D eigenvalue weighted by atomic mass is 16.6. The van der Waals surface area contributed by atoms with Crippen LogP contribution in [0.4, 0.5) is 0 Å². The van der Waals surface area contributed by atoms with E-state index >= 15 is 0 Å². The number of rotatable bonds is 14. The first-order valence-corrected chi connectivity index (χ1v) is 8.67. The molecule has 0 aliphatic carbocycles. The highest BCUT2D eigenvalue weighted by molar-refractivity contribution is 5.93. The van der Waals surface area contributed by atoms with Crippen molar-refractivity contribution in [1.29, 1.82) is 0 Å². The summed E-state index contributed by atoms with van der Waals surface area (Å²) in [5, 5.41) is 33.4. The first-order valence-electron chi connectivity index (χ1n) is 8.67. The van der Waals surface area contributed by atoms with Gasteiger partial charge in [0, 0.05) is 11.1 Å². The van der Waals surface area contributed by atoms with Crippen LogP contribution >= 0.6 is 0 Å². The second kappa shape index (κ2) is 21.9. The van der Waals surface area contributed by atoms with Crippen molar-refractivity contribution in [3.05, 3.63) is 24.3 Å². The van der Waals surface area contributed by atoms with Gasteiger partial charge in [-0.1, -0.05) is 13.2 Å². The first kappa shape index (κ1) is 32.8. The van der Waals surface area contributed by atoms with Gasteiger partial charge in [-0.15, -0.1) is 0 Å². The van der Waals surface area contributed by atoms with Gasteiger partial charge in [0.25, 0.3) is 0 Å². The van der Waals surface area contributed by atoms with E-state index < -0.39 is 23.9 Å². The maximum atomic E-state index is 11.0. The Morgan fingerprint density at radius 2 is 0.806 bits per heavy atom. The van der Waals surface area contributed by atoms with Crippen molar-refractivity contribution in [3.8, 4) is 0 Å². The van der Waals surface area contributed by atoms with Crippen LogP contribution < -0.4 is 0 Å². The molecule has 0 aromatic rings.